The van der Waals surface area contributed by atoms with Gasteiger partial charge in [0.05, 0.1) is 12.3 Å². The Hall–Kier alpha value is -1.39. The van der Waals surface area contributed by atoms with Crippen molar-refractivity contribution < 1.29 is 4.74 Å². The molecule has 0 spiro atoms. The lowest BCUT2D eigenvalue weighted by Crippen LogP contribution is -2.28. The summed E-state index contributed by atoms with van der Waals surface area (Å²) in [6.07, 6.45) is 5.19. The second kappa shape index (κ2) is 4.23. The monoisotopic (exact) mass is 217 g/mol. The van der Waals surface area contributed by atoms with E-state index in [0.717, 1.165) is 37.5 Å². The number of aromatic nitrogens is 2. The first-order chi connectivity index (χ1) is 7.92. The summed E-state index contributed by atoms with van der Waals surface area (Å²) < 4.78 is 7.36. The number of imidazole rings is 1. The van der Waals surface area contributed by atoms with Gasteiger partial charge in [-0.25, -0.2) is 4.98 Å². The molecular formula is C12H15N3O. The highest BCUT2D eigenvalue weighted by molar-refractivity contribution is 5.39. The van der Waals surface area contributed by atoms with Crippen molar-refractivity contribution in [3.05, 3.63) is 36.3 Å². The van der Waals surface area contributed by atoms with Crippen molar-refractivity contribution in [1.82, 2.24) is 14.7 Å². The van der Waals surface area contributed by atoms with Crippen LogP contribution in [0.15, 0.2) is 30.6 Å². The van der Waals surface area contributed by atoms with Crippen molar-refractivity contribution in [2.24, 2.45) is 0 Å². The molecule has 1 unspecified atom stereocenters. The van der Waals surface area contributed by atoms with E-state index in [1.54, 1.807) is 0 Å². The quantitative estimate of drug-likeness (QED) is 0.840. The fourth-order valence-corrected chi connectivity index (χ4v) is 2.02. The molecule has 16 heavy (non-hydrogen) atoms. The smallest absolute Gasteiger partial charge is 0.137 e. The molecule has 0 aliphatic carbocycles. The van der Waals surface area contributed by atoms with Gasteiger partial charge in [0.25, 0.3) is 0 Å². The van der Waals surface area contributed by atoms with Crippen LogP contribution in [0.1, 0.15) is 12.1 Å². The molecule has 2 aromatic heterocycles. The Bertz CT molecular complexity index is 441. The zero-order valence-corrected chi connectivity index (χ0v) is 9.10. The van der Waals surface area contributed by atoms with Crippen LogP contribution in [0.2, 0.25) is 0 Å². The number of rotatable bonds is 3. The van der Waals surface area contributed by atoms with Crippen molar-refractivity contribution >= 4 is 5.65 Å². The van der Waals surface area contributed by atoms with Gasteiger partial charge < -0.3 is 14.5 Å². The van der Waals surface area contributed by atoms with Crippen molar-refractivity contribution in [3.63, 3.8) is 0 Å². The molecule has 3 rings (SSSR count). The average Bonchev–Trinajstić information content (AvgIpc) is 2.95. The Kier molecular flexibility index (Phi) is 2.60. The molecule has 0 amide bonds. The Morgan fingerprint density at radius 2 is 2.50 bits per heavy atom. The second-order valence-electron chi connectivity index (χ2n) is 4.14. The third kappa shape index (κ3) is 1.94. The van der Waals surface area contributed by atoms with Crippen LogP contribution >= 0.6 is 0 Å². The second-order valence-corrected chi connectivity index (χ2v) is 4.14. The average molecular weight is 217 g/mol. The molecular weight excluding hydrogens is 202 g/mol. The standard InChI is InChI=1S/C12H15N3O/c1-2-5-15-8-11(14-12(15)3-1)7-13-10-4-6-16-9-10/h1-3,5,8,10,13H,4,6-7,9H2. The van der Waals surface area contributed by atoms with Crippen molar-refractivity contribution in [2.75, 3.05) is 13.2 Å². The van der Waals surface area contributed by atoms with Crippen LogP contribution < -0.4 is 5.32 Å². The summed E-state index contributed by atoms with van der Waals surface area (Å²) in [5.74, 6) is 0. The molecule has 2 aromatic rings. The summed E-state index contributed by atoms with van der Waals surface area (Å²) in [6, 6.07) is 6.52. The van der Waals surface area contributed by atoms with Crippen LogP contribution in [0.5, 0.6) is 0 Å². The van der Waals surface area contributed by atoms with Crippen molar-refractivity contribution in [2.45, 2.75) is 19.0 Å². The summed E-state index contributed by atoms with van der Waals surface area (Å²) in [5, 5.41) is 3.46. The Labute approximate surface area is 94.3 Å². The minimum atomic E-state index is 0.491. The summed E-state index contributed by atoms with van der Waals surface area (Å²) in [6.45, 7) is 2.52. The van der Waals surface area contributed by atoms with Crippen LogP contribution in [0.25, 0.3) is 5.65 Å². The minimum absolute atomic E-state index is 0.491. The molecule has 1 fully saturated rings. The van der Waals surface area contributed by atoms with Crippen molar-refractivity contribution in [1.29, 1.82) is 0 Å². The Morgan fingerprint density at radius 1 is 1.50 bits per heavy atom. The lowest BCUT2D eigenvalue weighted by atomic mass is 10.2. The number of hydrogen-bond acceptors (Lipinski definition) is 3. The van der Waals surface area contributed by atoms with Crippen LogP contribution in [0.3, 0.4) is 0 Å². The molecule has 0 saturated carbocycles. The zero-order valence-electron chi connectivity index (χ0n) is 9.10. The summed E-state index contributed by atoms with van der Waals surface area (Å²) in [4.78, 5) is 4.53. The SMILES string of the molecule is c1ccn2cc(CNC3CCOC3)nc2c1. The number of hydrogen-bond donors (Lipinski definition) is 1. The van der Waals surface area contributed by atoms with E-state index >= 15 is 0 Å². The normalized spacial score (nSPS) is 20.6. The number of pyridine rings is 1. The number of fused-ring (bicyclic) bond motifs is 1. The van der Waals surface area contributed by atoms with E-state index in [2.05, 4.69) is 16.5 Å². The van der Waals surface area contributed by atoms with E-state index in [1.165, 1.54) is 0 Å². The van der Waals surface area contributed by atoms with E-state index in [-0.39, 0.29) is 0 Å². The first-order valence-electron chi connectivity index (χ1n) is 5.65. The highest BCUT2D eigenvalue weighted by Crippen LogP contribution is 2.07. The molecule has 1 aliphatic rings. The van der Waals surface area contributed by atoms with E-state index in [4.69, 9.17) is 4.74 Å². The molecule has 4 nitrogen and oxygen atoms in total. The van der Waals surface area contributed by atoms with E-state index in [9.17, 15) is 0 Å². The van der Waals surface area contributed by atoms with E-state index < -0.39 is 0 Å². The van der Waals surface area contributed by atoms with E-state index in [0.29, 0.717) is 6.04 Å². The molecule has 84 valence electrons. The minimum Gasteiger partial charge on any atom is -0.380 e. The van der Waals surface area contributed by atoms with Crippen LogP contribution in [-0.2, 0) is 11.3 Å². The van der Waals surface area contributed by atoms with Gasteiger partial charge in [-0.05, 0) is 18.6 Å². The van der Waals surface area contributed by atoms with Crippen LogP contribution in [-0.4, -0.2) is 28.6 Å². The van der Waals surface area contributed by atoms with Gasteiger partial charge in [0, 0.05) is 31.6 Å². The fraction of sp³-hybridized carbons (Fsp3) is 0.417. The number of nitrogens with zero attached hydrogens (tertiary/aromatic N) is 2. The zero-order chi connectivity index (χ0) is 10.8. The van der Waals surface area contributed by atoms with Gasteiger partial charge in [0.2, 0.25) is 0 Å². The van der Waals surface area contributed by atoms with Gasteiger partial charge in [-0.1, -0.05) is 6.07 Å². The predicted octanol–water partition coefficient (Wildman–Crippen LogP) is 1.21. The fourth-order valence-electron chi connectivity index (χ4n) is 2.02. The maximum absolute atomic E-state index is 5.32. The lowest BCUT2D eigenvalue weighted by molar-refractivity contribution is 0.189. The number of ether oxygens (including phenoxy) is 1. The molecule has 0 bridgehead atoms. The van der Waals surface area contributed by atoms with Gasteiger partial charge in [0.15, 0.2) is 0 Å². The first kappa shape index (κ1) is 9.81. The summed E-state index contributed by atoms with van der Waals surface area (Å²) >= 11 is 0. The summed E-state index contributed by atoms with van der Waals surface area (Å²) in [7, 11) is 0. The van der Waals surface area contributed by atoms with E-state index in [1.807, 2.05) is 28.8 Å². The van der Waals surface area contributed by atoms with Crippen LogP contribution in [0, 0.1) is 0 Å². The molecule has 1 aliphatic heterocycles. The maximum atomic E-state index is 5.32. The molecule has 0 aromatic carbocycles. The predicted molar refractivity (Wildman–Crippen MR) is 61.3 cm³/mol. The molecule has 1 N–H and O–H groups in total. The topological polar surface area (TPSA) is 38.6 Å². The van der Waals surface area contributed by atoms with Crippen LogP contribution in [0.4, 0.5) is 0 Å². The van der Waals surface area contributed by atoms with Gasteiger partial charge in [0.1, 0.15) is 5.65 Å². The first-order valence-corrected chi connectivity index (χ1v) is 5.65. The van der Waals surface area contributed by atoms with Gasteiger partial charge >= 0.3 is 0 Å². The third-order valence-corrected chi connectivity index (χ3v) is 2.92. The third-order valence-electron chi connectivity index (χ3n) is 2.92. The van der Waals surface area contributed by atoms with Gasteiger partial charge in [-0.2, -0.15) is 0 Å². The maximum Gasteiger partial charge on any atom is 0.137 e. The molecule has 3 heterocycles. The molecule has 4 heteroatoms. The van der Waals surface area contributed by atoms with Gasteiger partial charge in [-0.15, -0.1) is 0 Å². The molecule has 0 radical (unpaired) electrons. The largest absolute Gasteiger partial charge is 0.380 e. The highest BCUT2D eigenvalue weighted by atomic mass is 16.5. The summed E-state index contributed by atoms with van der Waals surface area (Å²) in [5.41, 5.74) is 2.08. The number of nitrogens with one attached hydrogen (secondary N) is 1. The lowest BCUT2D eigenvalue weighted by Gasteiger charge is -2.07. The van der Waals surface area contributed by atoms with Gasteiger partial charge in [-0.3, -0.25) is 0 Å². The molecule has 1 saturated heterocycles. The Balaban J connectivity index is 1.69. The Morgan fingerprint density at radius 3 is 3.31 bits per heavy atom. The highest BCUT2D eigenvalue weighted by Gasteiger charge is 2.14. The molecule has 1 atom stereocenters. The van der Waals surface area contributed by atoms with Crippen molar-refractivity contribution in [3.8, 4) is 0 Å².